The molecule has 3 heterocycles. The van der Waals surface area contributed by atoms with Crippen LogP contribution in [0.3, 0.4) is 0 Å². The van der Waals surface area contributed by atoms with Crippen molar-refractivity contribution < 1.29 is 14.3 Å². The second-order valence-corrected chi connectivity index (χ2v) is 7.73. The Hall–Kier alpha value is -2.54. The molecule has 2 N–H and O–H groups in total. The largest absolute Gasteiger partial charge is 0.497 e. The summed E-state index contributed by atoms with van der Waals surface area (Å²) in [6.45, 7) is 6.68. The molecule has 0 saturated heterocycles. The molecule has 4 rings (SSSR count). The number of nitrogens with one attached hydrogen (secondary N) is 2. The van der Waals surface area contributed by atoms with Crippen molar-refractivity contribution in [3.8, 4) is 11.5 Å². The molecule has 27 heavy (non-hydrogen) atoms. The molecule has 0 radical (unpaired) electrons. The molecule has 2 aromatic rings. The number of carbonyl (C=O) groups excluding carboxylic acids is 1. The summed E-state index contributed by atoms with van der Waals surface area (Å²) >= 11 is 0. The first-order valence-corrected chi connectivity index (χ1v) is 9.40. The number of benzene rings is 1. The number of hydrogen-bond donors (Lipinski definition) is 2. The highest BCUT2D eigenvalue weighted by Crippen LogP contribution is 2.41. The van der Waals surface area contributed by atoms with Crippen LogP contribution in [-0.4, -0.2) is 41.3 Å². The van der Waals surface area contributed by atoms with Crippen LogP contribution in [0.15, 0.2) is 24.4 Å². The van der Waals surface area contributed by atoms with Gasteiger partial charge >= 0.3 is 0 Å². The van der Waals surface area contributed by atoms with Gasteiger partial charge < -0.3 is 24.7 Å². The molecule has 1 amide bonds. The summed E-state index contributed by atoms with van der Waals surface area (Å²) in [4.78, 5) is 17.5. The van der Waals surface area contributed by atoms with Gasteiger partial charge in [0, 0.05) is 44.2 Å². The van der Waals surface area contributed by atoms with Gasteiger partial charge in [-0.15, -0.1) is 0 Å². The molecule has 144 valence electrons. The Bertz CT molecular complexity index is 835. The first kappa shape index (κ1) is 17.9. The van der Waals surface area contributed by atoms with Gasteiger partial charge in [0.05, 0.1) is 13.2 Å². The standard InChI is InChI=1S/C20H26N4O3/c1-20(2)11-15(14-10-13(26-3)4-5-17(14)27-20)23-19(25)16-12-24-9-8-21-7-6-18(24)22-16/h4-5,10,12,15,21H,6-9,11H2,1-3H3,(H,23,25). The Morgan fingerprint density at radius 2 is 2.26 bits per heavy atom. The average Bonchev–Trinajstić information content (AvgIpc) is 2.91. The molecule has 0 fully saturated rings. The van der Waals surface area contributed by atoms with E-state index in [2.05, 4.69) is 20.2 Å². The number of imidazole rings is 1. The predicted molar refractivity (Wildman–Crippen MR) is 101 cm³/mol. The van der Waals surface area contributed by atoms with Crippen molar-refractivity contribution in [1.82, 2.24) is 20.2 Å². The Morgan fingerprint density at radius 1 is 1.41 bits per heavy atom. The molecule has 1 aromatic carbocycles. The minimum absolute atomic E-state index is 0.153. The molecule has 7 nitrogen and oxygen atoms in total. The van der Waals surface area contributed by atoms with Crippen LogP contribution in [0.25, 0.3) is 0 Å². The lowest BCUT2D eigenvalue weighted by atomic mass is 9.89. The fraction of sp³-hybridized carbons (Fsp3) is 0.500. The molecule has 7 heteroatoms. The number of ether oxygens (including phenoxy) is 2. The lowest BCUT2D eigenvalue weighted by Gasteiger charge is -2.38. The first-order valence-electron chi connectivity index (χ1n) is 9.40. The van der Waals surface area contributed by atoms with Crippen LogP contribution in [0.2, 0.25) is 0 Å². The SMILES string of the molecule is COc1ccc2c(c1)C(NC(=O)c1cn3c(n1)CCNCC3)CC(C)(C)O2. The number of hydrogen-bond acceptors (Lipinski definition) is 5. The Labute approximate surface area is 159 Å². The van der Waals surface area contributed by atoms with Gasteiger partial charge in [-0.2, -0.15) is 0 Å². The predicted octanol–water partition coefficient (Wildman–Crippen LogP) is 2.07. The van der Waals surface area contributed by atoms with Gasteiger partial charge in [0.15, 0.2) is 0 Å². The zero-order valence-corrected chi connectivity index (χ0v) is 16.0. The number of rotatable bonds is 3. The van der Waals surface area contributed by atoms with Crippen molar-refractivity contribution in [3.05, 3.63) is 41.5 Å². The van der Waals surface area contributed by atoms with Gasteiger partial charge in [-0.25, -0.2) is 4.98 Å². The molecule has 0 aliphatic carbocycles. The third-order valence-electron chi connectivity index (χ3n) is 5.13. The van der Waals surface area contributed by atoms with E-state index in [1.807, 2.05) is 38.2 Å². The first-order chi connectivity index (χ1) is 12.9. The number of amides is 1. The highest BCUT2D eigenvalue weighted by Gasteiger charge is 2.35. The molecule has 0 saturated carbocycles. The van der Waals surface area contributed by atoms with Crippen LogP contribution < -0.4 is 20.1 Å². The summed E-state index contributed by atoms with van der Waals surface area (Å²) in [5, 5.41) is 6.50. The minimum atomic E-state index is -0.365. The van der Waals surface area contributed by atoms with E-state index in [1.54, 1.807) is 7.11 Å². The van der Waals surface area contributed by atoms with Crippen molar-refractivity contribution in [3.63, 3.8) is 0 Å². The molecule has 0 bridgehead atoms. The van der Waals surface area contributed by atoms with Gasteiger partial charge in [-0.1, -0.05) is 0 Å². The van der Waals surface area contributed by atoms with E-state index in [0.29, 0.717) is 12.1 Å². The summed E-state index contributed by atoms with van der Waals surface area (Å²) in [7, 11) is 1.63. The molecular weight excluding hydrogens is 344 g/mol. The molecule has 1 atom stereocenters. The molecule has 0 spiro atoms. The molecular formula is C20H26N4O3. The molecule has 2 aliphatic rings. The van der Waals surface area contributed by atoms with Crippen LogP contribution in [0.5, 0.6) is 11.5 Å². The summed E-state index contributed by atoms with van der Waals surface area (Å²) in [5.74, 6) is 2.33. The van der Waals surface area contributed by atoms with E-state index >= 15 is 0 Å². The van der Waals surface area contributed by atoms with E-state index in [1.165, 1.54) is 0 Å². The minimum Gasteiger partial charge on any atom is -0.497 e. The summed E-state index contributed by atoms with van der Waals surface area (Å²) in [6.07, 6.45) is 3.36. The van der Waals surface area contributed by atoms with Crippen molar-refractivity contribution >= 4 is 5.91 Å². The molecule has 1 aromatic heterocycles. The van der Waals surface area contributed by atoms with Gasteiger partial charge in [-0.3, -0.25) is 4.79 Å². The Balaban J connectivity index is 1.59. The van der Waals surface area contributed by atoms with Gasteiger partial charge in [0.25, 0.3) is 5.91 Å². The number of carbonyl (C=O) groups is 1. The van der Waals surface area contributed by atoms with E-state index in [0.717, 1.165) is 48.9 Å². The zero-order chi connectivity index (χ0) is 19.0. The number of aromatic nitrogens is 2. The number of fused-ring (bicyclic) bond motifs is 2. The molecule has 2 aliphatic heterocycles. The average molecular weight is 370 g/mol. The van der Waals surface area contributed by atoms with E-state index in [-0.39, 0.29) is 17.6 Å². The summed E-state index contributed by atoms with van der Waals surface area (Å²) in [6, 6.07) is 5.55. The topological polar surface area (TPSA) is 77.4 Å². The fourth-order valence-corrected chi connectivity index (χ4v) is 3.80. The van der Waals surface area contributed by atoms with Crippen molar-refractivity contribution in [2.45, 2.75) is 44.9 Å². The lowest BCUT2D eigenvalue weighted by molar-refractivity contribution is 0.0616. The van der Waals surface area contributed by atoms with Crippen molar-refractivity contribution in [2.75, 3.05) is 20.2 Å². The maximum Gasteiger partial charge on any atom is 0.271 e. The number of methoxy groups -OCH3 is 1. The Morgan fingerprint density at radius 3 is 3.07 bits per heavy atom. The normalized spacial score (nSPS) is 20.6. The van der Waals surface area contributed by atoms with Gasteiger partial charge in [0.2, 0.25) is 0 Å². The van der Waals surface area contributed by atoms with Crippen LogP contribution >= 0.6 is 0 Å². The lowest BCUT2D eigenvalue weighted by Crippen LogP contribution is -2.41. The second kappa shape index (κ2) is 6.88. The number of nitrogens with zero attached hydrogens (tertiary/aromatic N) is 2. The van der Waals surface area contributed by atoms with Gasteiger partial charge in [0.1, 0.15) is 28.6 Å². The highest BCUT2D eigenvalue weighted by atomic mass is 16.5. The zero-order valence-electron chi connectivity index (χ0n) is 16.0. The van der Waals surface area contributed by atoms with E-state index in [9.17, 15) is 4.79 Å². The van der Waals surface area contributed by atoms with Crippen LogP contribution in [0.1, 0.15) is 48.2 Å². The smallest absolute Gasteiger partial charge is 0.271 e. The summed E-state index contributed by atoms with van der Waals surface area (Å²) in [5.41, 5.74) is 1.05. The van der Waals surface area contributed by atoms with E-state index in [4.69, 9.17) is 9.47 Å². The quantitative estimate of drug-likeness (QED) is 0.865. The highest BCUT2D eigenvalue weighted by molar-refractivity contribution is 5.92. The third-order valence-corrected chi connectivity index (χ3v) is 5.13. The monoisotopic (exact) mass is 370 g/mol. The third kappa shape index (κ3) is 3.64. The summed E-state index contributed by atoms with van der Waals surface area (Å²) < 4.78 is 13.5. The maximum atomic E-state index is 12.9. The van der Waals surface area contributed by atoms with Gasteiger partial charge in [-0.05, 0) is 32.0 Å². The maximum absolute atomic E-state index is 12.9. The second-order valence-electron chi connectivity index (χ2n) is 7.73. The van der Waals surface area contributed by atoms with Crippen LogP contribution in [0.4, 0.5) is 0 Å². The van der Waals surface area contributed by atoms with Crippen LogP contribution in [0, 0.1) is 0 Å². The van der Waals surface area contributed by atoms with Crippen molar-refractivity contribution in [2.24, 2.45) is 0 Å². The Kier molecular flexibility index (Phi) is 4.55. The van der Waals surface area contributed by atoms with Crippen LogP contribution in [-0.2, 0) is 13.0 Å². The molecule has 1 unspecified atom stereocenters. The fourth-order valence-electron chi connectivity index (χ4n) is 3.80. The van der Waals surface area contributed by atoms with Crippen molar-refractivity contribution in [1.29, 1.82) is 0 Å². The van der Waals surface area contributed by atoms with E-state index < -0.39 is 0 Å².